The van der Waals surface area contributed by atoms with E-state index in [0.717, 1.165) is 12.8 Å². The molecule has 0 amide bonds. The first-order valence-corrected chi connectivity index (χ1v) is 6.38. The number of hydrogen-bond acceptors (Lipinski definition) is 2. The summed E-state index contributed by atoms with van der Waals surface area (Å²) in [4.78, 5) is 4.02. The van der Waals surface area contributed by atoms with Crippen LogP contribution in [0.1, 0.15) is 34.7 Å². The lowest BCUT2D eigenvalue weighted by Crippen LogP contribution is -2.11. The highest BCUT2D eigenvalue weighted by atomic mass is 14.6. The number of nitrogens with two attached hydrogens (primary N) is 1. The van der Waals surface area contributed by atoms with E-state index >= 15 is 0 Å². The molecule has 2 aromatic rings. The van der Waals surface area contributed by atoms with E-state index in [1.165, 1.54) is 22.3 Å². The summed E-state index contributed by atoms with van der Waals surface area (Å²) in [6, 6.07) is 10.7. The van der Waals surface area contributed by atoms with Crippen molar-refractivity contribution in [2.24, 2.45) is 5.73 Å². The highest BCUT2D eigenvalue weighted by Gasteiger charge is 2.07. The van der Waals surface area contributed by atoms with Gasteiger partial charge in [0.1, 0.15) is 0 Å². The molecule has 18 heavy (non-hydrogen) atoms. The van der Waals surface area contributed by atoms with Crippen LogP contribution in [-0.2, 0) is 6.42 Å². The SMILES string of the molecule is Cc1ccc(C(N)CCc2ccncc2)cc1C. The minimum absolute atomic E-state index is 0.109. The van der Waals surface area contributed by atoms with E-state index in [1.54, 1.807) is 0 Å². The van der Waals surface area contributed by atoms with Crippen LogP contribution in [0.5, 0.6) is 0 Å². The smallest absolute Gasteiger partial charge is 0.0298 e. The van der Waals surface area contributed by atoms with Crippen molar-refractivity contribution in [1.82, 2.24) is 4.98 Å². The maximum absolute atomic E-state index is 6.25. The minimum atomic E-state index is 0.109. The van der Waals surface area contributed by atoms with Gasteiger partial charge >= 0.3 is 0 Å². The summed E-state index contributed by atoms with van der Waals surface area (Å²) in [6.07, 6.45) is 5.62. The summed E-state index contributed by atoms with van der Waals surface area (Å²) in [5, 5.41) is 0. The number of aromatic nitrogens is 1. The van der Waals surface area contributed by atoms with E-state index in [2.05, 4.69) is 37.0 Å². The van der Waals surface area contributed by atoms with Crippen LogP contribution in [0, 0.1) is 13.8 Å². The fourth-order valence-corrected chi connectivity index (χ4v) is 2.03. The zero-order valence-corrected chi connectivity index (χ0v) is 11.1. The van der Waals surface area contributed by atoms with E-state index in [0.29, 0.717) is 0 Å². The van der Waals surface area contributed by atoms with Crippen molar-refractivity contribution < 1.29 is 0 Å². The second-order valence-corrected chi connectivity index (χ2v) is 4.84. The topological polar surface area (TPSA) is 38.9 Å². The van der Waals surface area contributed by atoms with Crippen molar-refractivity contribution in [3.05, 3.63) is 65.0 Å². The summed E-state index contributed by atoms with van der Waals surface area (Å²) >= 11 is 0. The van der Waals surface area contributed by atoms with Gasteiger partial charge in [0, 0.05) is 18.4 Å². The molecule has 0 radical (unpaired) electrons. The minimum Gasteiger partial charge on any atom is -0.324 e. The summed E-state index contributed by atoms with van der Waals surface area (Å²) in [5.74, 6) is 0. The Kier molecular flexibility index (Phi) is 4.11. The van der Waals surface area contributed by atoms with Gasteiger partial charge in [0.25, 0.3) is 0 Å². The first-order chi connectivity index (χ1) is 8.66. The fraction of sp³-hybridized carbons (Fsp3) is 0.312. The van der Waals surface area contributed by atoms with Gasteiger partial charge in [-0.05, 0) is 61.1 Å². The van der Waals surface area contributed by atoms with Crippen molar-refractivity contribution in [3.8, 4) is 0 Å². The standard InChI is InChI=1S/C16H20N2/c1-12-3-5-15(11-13(12)2)16(17)6-4-14-7-9-18-10-8-14/h3,5,7-11,16H,4,6,17H2,1-2H3. The molecule has 0 bridgehead atoms. The van der Waals surface area contributed by atoms with Gasteiger partial charge < -0.3 is 5.73 Å². The van der Waals surface area contributed by atoms with Crippen molar-refractivity contribution in [2.75, 3.05) is 0 Å². The third-order valence-corrected chi connectivity index (χ3v) is 3.45. The van der Waals surface area contributed by atoms with Gasteiger partial charge in [-0.15, -0.1) is 0 Å². The summed E-state index contributed by atoms with van der Waals surface area (Å²) in [6.45, 7) is 4.26. The van der Waals surface area contributed by atoms with E-state index in [9.17, 15) is 0 Å². The van der Waals surface area contributed by atoms with Crippen LogP contribution >= 0.6 is 0 Å². The van der Waals surface area contributed by atoms with Gasteiger partial charge in [0.15, 0.2) is 0 Å². The maximum atomic E-state index is 6.25. The molecule has 1 atom stereocenters. The lowest BCUT2D eigenvalue weighted by molar-refractivity contribution is 0.650. The van der Waals surface area contributed by atoms with Gasteiger partial charge in [0.2, 0.25) is 0 Å². The van der Waals surface area contributed by atoms with Crippen LogP contribution in [0.25, 0.3) is 0 Å². The maximum Gasteiger partial charge on any atom is 0.0298 e. The predicted molar refractivity (Wildman–Crippen MR) is 75.4 cm³/mol. The highest BCUT2D eigenvalue weighted by Crippen LogP contribution is 2.19. The van der Waals surface area contributed by atoms with Gasteiger partial charge in [0.05, 0.1) is 0 Å². The number of pyridine rings is 1. The van der Waals surface area contributed by atoms with E-state index < -0.39 is 0 Å². The quantitative estimate of drug-likeness (QED) is 0.890. The Hall–Kier alpha value is -1.67. The van der Waals surface area contributed by atoms with E-state index in [1.807, 2.05) is 24.5 Å². The molecule has 2 heteroatoms. The van der Waals surface area contributed by atoms with Crippen molar-refractivity contribution in [1.29, 1.82) is 0 Å². The van der Waals surface area contributed by atoms with Gasteiger partial charge in [-0.25, -0.2) is 0 Å². The van der Waals surface area contributed by atoms with Crippen molar-refractivity contribution in [3.63, 3.8) is 0 Å². The van der Waals surface area contributed by atoms with Crippen LogP contribution in [0.4, 0.5) is 0 Å². The first kappa shape index (κ1) is 12.8. The Balaban J connectivity index is 1.99. The molecule has 1 heterocycles. The first-order valence-electron chi connectivity index (χ1n) is 6.38. The molecule has 1 unspecified atom stereocenters. The normalized spacial score (nSPS) is 12.4. The molecule has 0 saturated carbocycles. The number of nitrogens with zero attached hydrogens (tertiary/aromatic N) is 1. The molecule has 0 fully saturated rings. The Bertz CT molecular complexity index is 506. The Morgan fingerprint density at radius 3 is 2.44 bits per heavy atom. The Morgan fingerprint density at radius 1 is 1.06 bits per heavy atom. The third kappa shape index (κ3) is 3.17. The molecule has 2 N–H and O–H groups in total. The van der Waals surface area contributed by atoms with Crippen molar-refractivity contribution in [2.45, 2.75) is 32.7 Å². The van der Waals surface area contributed by atoms with Gasteiger partial charge in [-0.3, -0.25) is 4.98 Å². The molecule has 0 spiro atoms. The summed E-state index contributed by atoms with van der Waals surface area (Å²) < 4.78 is 0. The third-order valence-electron chi connectivity index (χ3n) is 3.45. The van der Waals surface area contributed by atoms with E-state index in [-0.39, 0.29) is 6.04 Å². The number of benzene rings is 1. The number of aryl methyl sites for hydroxylation is 3. The predicted octanol–water partition coefficient (Wildman–Crippen LogP) is 3.33. The molecule has 0 aliphatic carbocycles. The molecule has 0 aliphatic heterocycles. The van der Waals surface area contributed by atoms with Crippen LogP contribution in [0.2, 0.25) is 0 Å². The Morgan fingerprint density at radius 2 is 1.78 bits per heavy atom. The Labute approximate surface area is 109 Å². The largest absolute Gasteiger partial charge is 0.324 e. The van der Waals surface area contributed by atoms with E-state index in [4.69, 9.17) is 5.73 Å². The van der Waals surface area contributed by atoms with Gasteiger partial charge in [-0.2, -0.15) is 0 Å². The molecule has 94 valence electrons. The summed E-state index contributed by atoms with van der Waals surface area (Å²) in [7, 11) is 0. The second kappa shape index (κ2) is 5.78. The molecular weight excluding hydrogens is 220 g/mol. The van der Waals surface area contributed by atoms with Crippen LogP contribution < -0.4 is 5.73 Å². The molecule has 2 nitrogen and oxygen atoms in total. The zero-order valence-electron chi connectivity index (χ0n) is 11.1. The van der Waals surface area contributed by atoms with Crippen LogP contribution in [-0.4, -0.2) is 4.98 Å². The lowest BCUT2D eigenvalue weighted by atomic mass is 9.97. The van der Waals surface area contributed by atoms with Crippen molar-refractivity contribution >= 4 is 0 Å². The molecule has 1 aromatic carbocycles. The fourth-order valence-electron chi connectivity index (χ4n) is 2.03. The zero-order chi connectivity index (χ0) is 13.0. The van der Waals surface area contributed by atoms with Gasteiger partial charge in [-0.1, -0.05) is 18.2 Å². The lowest BCUT2D eigenvalue weighted by Gasteiger charge is -2.13. The molecule has 0 aliphatic rings. The number of rotatable bonds is 4. The summed E-state index contributed by atoms with van der Waals surface area (Å²) in [5.41, 5.74) is 11.4. The van der Waals surface area contributed by atoms with Crippen LogP contribution in [0.3, 0.4) is 0 Å². The molecule has 2 rings (SSSR count). The average molecular weight is 240 g/mol. The highest BCUT2D eigenvalue weighted by molar-refractivity contribution is 5.31. The second-order valence-electron chi connectivity index (χ2n) is 4.84. The molecule has 1 aromatic heterocycles. The number of hydrogen-bond donors (Lipinski definition) is 1. The van der Waals surface area contributed by atoms with Crippen LogP contribution in [0.15, 0.2) is 42.7 Å². The molecule has 0 saturated heterocycles. The monoisotopic (exact) mass is 240 g/mol. The molecular formula is C16H20N2. The average Bonchev–Trinajstić information content (AvgIpc) is 2.40.